The van der Waals surface area contributed by atoms with E-state index in [0.717, 1.165) is 36.7 Å². The summed E-state index contributed by atoms with van der Waals surface area (Å²) in [5.41, 5.74) is 3.88. The van der Waals surface area contributed by atoms with Crippen LogP contribution < -0.4 is 4.90 Å². The van der Waals surface area contributed by atoms with E-state index in [9.17, 15) is 10.2 Å². The van der Waals surface area contributed by atoms with Crippen molar-refractivity contribution in [3.8, 4) is 0 Å². The topological polar surface area (TPSA) is 43.7 Å². The average molecular weight is 410 g/mol. The molecular weight excluding hydrogens is 372 g/mol. The number of para-hydroxylation sites is 1. The number of likely N-dealkylation sites (N-methyl/N-ethyl adjacent to an activating group) is 1. The van der Waals surface area contributed by atoms with Gasteiger partial charge in [-0.1, -0.05) is 36.8 Å². The number of quaternary nitrogens is 1. The Hall–Kier alpha value is -1.36. The Kier molecular flexibility index (Phi) is 3.94. The van der Waals surface area contributed by atoms with Gasteiger partial charge in [-0.15, -0.1) is 0 Å². The van der Waals surface area contributed by atoms with Crippen LogP contribution in [-0.4, -0.2) is 58.7 Å². The fourth-order valence-corrected chi connectivity index (χ4v) is 9.42. The first kappa shape index (κ1) is 19.3. The SMILES string of the molecule is CC[C@H]1[C@H]2C[C@H]3[C@@H]4N(C)c5ccccc5[C@]45C[C@@H]([C@@H]2[C@H]5O)[N@@+]3(CCC=C(C)C)[C@@H]1O. The lowest BCUT2D eigenvalue weighted by atomic mass is 9.60. The Morgan fingerprint density at radius 3 is 2.73 bits per heavy atom. The Morgan fingerprint density at radius 1 is 1.23 bits per heavy atom. The molecule has 1 spiro atoms. The second-order valence-electron chi connectivity index (χ2n) is 11.1. The maximum atomic E-state index is 12.0. The maximum absolute atomic E-state index is 12.0. The van der Waals surface area contributed by atoms with E-state index in [1.54, 1.807) is 0 Å². The number of aliphatic hydroxyl groups excluding tert-OH is 2. The minimum atomic E-state index is -0.293. The van der Waals surface area contributed by atoms with Gasteiger partial charge in [0.1, 0.15) is 6.04 Å². The molecule has 6 aliphatic rings. The normalized spacial score (nSPS) is 49.3. The zero-order chi connectivity index (χ0) is 21.0. The summed E-state index contributed by atoms with van der Waals surface area (Å²) in [7, 11) is 2.24. The standard InChI is InChI=1S/C26H37N2O2/c1-5-16-17-13-20-23-26(18-10-6-7-11-19(18)27(23)4)14-21(22(17)24(26)29)28(20,25(16)30)12-8-9-15(2)3/h6-7,9-11,16-17,20-25,29-30H,5,8,12-14H2,1-4H3/q+1/t16-,17+,20-,21-,22+,23-,24+,25+,26+,28-/m0/s1. The number of anilines is 1. The van der Waals surface area contributed by atoms with Gasteiger partial charge in [-0.05, 0) is 37.8 Å². The minimum Gasteiger partial charge on any atom is -0.392 e. The van der Waals surface area contributed by atoms with E-state index in [4.69, 9.17) is 0 Å². The Labute approximate surface area is 180 Å². The molecular formula is C26H37N2O2+. The van der Waals surface area contributed by atoms with Crippen molar-refractivity contribution in [1.29, 1.82) is 0 Å². The second kappa shape index (κ2) is 6.11. The van der Waals surface area contributed by atoms with Gasteiger partial charge in [0.2, 0.25) is 0 Å². The number of piperidine rings is 4. The lowest BCUT2D eigenvalue weighted by Gasteiger charge is -2.68. The molecule has 0 amide bonds. The summed E-state index contributed by atoms with van der Waals surface area (Å²) in [5, 5.41) is 23.9. The zero-order valence-electron chi connectivity index (χ0n) is 18.8. The predicted octanol–water partition coefficient (Wildman–Crippen LogP) is 3.43. The van der Waals surface area contributed by atoms with Crippen molar-refractivity contribution < 1.29 is 14.7 Å². The van der Waals surface area contributed by atoms with Gasteiger partial charge in [0.05, 0.1) is 30.1 Å². The van der Waals surface area contributed by atoms with Crippen LogP contribution in [0.1, 0.15) is 52.0 Å². The van der Waals surface area contributed by atoms with Crippen molar-refractivity contribution in [2.45, 2.75) is 82.3 Å². The van der Waals surface area contributed by atoms with E-state index < -0.39 is 0 Å². The van der Waals surface area contributed by atoms with Gasteiger partial charge < -0.3 is 15.1 Å². The van der Waals surface area contributed by atoms with E-state index >= 15 is 0 Å². The molecule has 0 unspecified atom stereocenters. The van der Waals surface area contributed by atoms with E-state index in [-0.39, 0.29) is 23.8 Å². The molecule has 4 heteroatoms. The molecule has 2 N–H and O–H groups in total. The molecule has 7 rings (SSSR count). The second-order valence-corrected chi connectivity index (χ2v) is 11.1. The highest BCUT2D eigenvalue weighted by atomic mass is 16.3. The van der Waals surface area contributed by atoms with E-state index in [0.29, 0.717) is 29.8 Å². The van der Waals surface area contributed by atoms with Crippen molar-refractivity contribution in [2.75, 3.05) is 18.5 Å². The number of aliphatic hydroxyl groups is 2. The van der Waals surface area contributed by atoms with Gasteiger partial charge in [-0.25, -0.2) is 0 Å². The molecule has 0 aromatic heterocycles. The Bertz CT molecular complexity index is 910. The summed E-state index contributed by atoms with van der Waals surface area (Å²) in [6.45, 7) is 7.59. The summed E-state index contributed by atoms with van der Waals surface area (Å²) < 4.78 is 0.839. The van der Waals surface area contributed by atoms with Crippen LogP contribution in [0.4, 0.5) is 5.69 Å². The molecule has 4 nitrogen and oxygen atoms in total. The largest absolute Gasteiger partial charge is 0.392 e. The van der Waals surface area contributed by atoms with E-state index in [2.05, 4.69) is 63.1 Å². The van der Waals surface area contributed by atoms with Crippen LogP contribution >= 0.6 is 0 Å². The summed E-state index contributed by atoms with van der Waals surface area (Å²) >= 11 is 0. The summed E-state index contributed by atoms with van der Waals surface area (Å²) in [6.07, 6.45) is 5.99. The van der Waals surface area contributed by atoms with Gasteiger partial charge in [0, 0.05) is 43.8 Å². The van der Waals surface area contributed by atoms with Gasteiger partial charge in [0.25, 0.3) is 0 Å². The average Bonchev–Trinajstić information content (AvgIpc) is 3.11. The maximum Gasteiger partial charge on any atom is 0.194 e. The third-order valence-electron chi connectivity index (χ3n) is 10.2. The number of nitrogens with zero attached hydrogens (tertiary/aromatic N) is 2. The molecule has 4 saturated heterocycles. The van der Waals surface area contributed by atoms with Gasteiger partial charge in [-0.2, -0.15) is 0 Å². The molecule has 162 valence electrons. The molecule has 5 aliphatic heterocycles. The number of fused-ring (bicyclic) bond motifs is 2. The van der Waals surface area contributed by atoms with E-state index in [1.165, 1.54) is 16.8 Å². The molecule has 1 aliphatic carbocycles. The number of hydrogen-bond donors (Lipinski definition) is 2. The molecule has 10 atom stereocenters. The monoisotopic (exact) mass is 409 g/mol. The van der Waals surface area contributed by atoms with Crippen LogP contribution in [0, 0.1) is 17.8 Å². The van der Waals surface area contributed by atoms with Crippen LogP contribution in [0.5, 0.6) is 0 Å². The molecule has 5 fully saturated rings. The lowest BCUT2D eigenvalue weighted by molar-refractivity contribution is -1.04. The number of hydrogen-bond acceptors (Lipinski definition) is 3. The first-order valence-corrected chi connectivity index (χ1v) is 12.1. The van der Waals surface area contributed by atoms with Crippen molar-refractivity contribution >= 4 is 5.69 Å². The van der Waals surface area contributed by atoms with Crippen molar-refractivity contribution in [2.24, 2.45) is 17.8 Å². The summed E-state index contributed by atoms with van der Waals surface area (Å²) in [4.78, 5) is 2.48. The van der Waals surface area contributed by atoms with Crippen molar-refractivity contribution in [3.05, 3.63) is 41.5 Å². The fourth-order valence-electron chi connectivity index (χ4n) is 9.42. The van der Waals surface area contributed by atoms with Crippen LogP contribution in [0.15, 0.2) is 35.9 Å². The highest BCUT2D eigenvalue weighted by Gasteiger charge is 2.82. The van der Waals surface area contributed by atoms with Crippen LogP contribution in [0.2, 0.25) is 0 Å². The van der Waals surface area contributed by atoms with E-state index in [1.807, 2.05) is 0 Å². The van der Waals surface area contributed by atoms with Crippen molar-refractivity contribution in [3.63, 3.8) is 0 Å². The first-order chi connectivity index (χ1) is 14.4. The highest BCUT2D eigenvalue weighted by Crippen LogP contribution is 2.71. The molecule has 0 radical (unpaired) electrons. The molecule has 30 heavy (non-hydrogen) atoms. The van der Waals surface area contributed by atoms with Crippen LogP contribution in [0.3, 0.4) is 0 Å². The fraction of sp³-hybridized carbons (Fsp3) is 0.692. The number of allylic oxidation sites excluding steroid dienone is 1. The quantitative estimate of drug-likeness (QED) is 0.592. The molecule has 1 aromatic rings. The third-order valence-corrected chi connectivity index (χ3v) is 10.2. The van der Waals surface area contributed by atoms with Gasteiger partial charge in [-0.3, -0.25) is 4.48 Å². The Balaban J connectivity index is 1.55. The van der Waals surface area contributed by atoms with Crippen molar-refractivity contribution in [1.82, 2.24) is 0 Å². The number of benzene rings is 1. The predicted molar refractivity (Wildman–Crippen MR) is 119 cm³/mol. The summed E-state index contributed by atoms with van der Waals surface area (Å²) in [6, 6.07) is 9.89. The minimum absolute atomic E-state index is 0.152. The summed E-state index contributed by atoms with van der Waals surface area (Å²) in [5.74, 6) is 1.10. The van der Waals surface area contributed by atoms with Gasteiger partial charge in [0.15, 0.2) is 6.23 Å². The first-order valence-electron chi connectivity index (χ1n) is 12.1. The smallest absolute Gasteiger partial charge is 0.194 e. The molecule has 5 heterocycles. The van der Waals surface area contributed by atoms with Gasteiger partial charge >= 0.3 is 0 Å². The molecule has 1 saturated carbocycles. The van der Waals surface area contributed by atoms with Crippen LogP contribution in [-0.2, 0) is 5.41 Å². The van der Waals surface area contributed by atoms with Crippen LogP contribution in [0.25, 0.3) is 0 Å². The zero-order valence-corrected chi connectivity index (χ0v) is 18.8. The highest BCUT2D eigenvalue weighted by molar-refractivity contribution is 5.66. The number of rotatable bonds is 4. The Morgan fingerprint density at radius 2 is 2.00 bits per heavy atom. The molecule has 5 bridgehead atoms. The lowest BCUT2D eigenvalue weighted by Crippen LogP contribution is -2.83. The third kappa shape index (κ3) is 1.91. The molecule has 1 aromatic carbocycles.